The maximum Gasteiger partial charge on any atom is 0.345 e. The number of thiophene rings is 1. The minimum Gasteiger partial charge on any atom is -0.477 e. The second kappa shape index (κ2) is 6.74. The Labute approximate surface area is 138 Å². The molecule has 122 valence electrons. The van der Waals surface area contributed by atoms with Gasteiger partial charge in [-0.3, -0.25) is 4.90 Å². The molecule has 2 aromatic heterocycles. The molecule has 0 spiro atoms. The summed E-state index contributed by atoms with van der Waals surface area (Å²) in [6, 6.07) is 1.79. The van der Waals surface area contributed by atoms with Crippen LogP contribution < -0.4 is 0 Å². The van der Waals surface area contributed by atoms with Gasteiger partial charge in [0.1, 0.15) is 11.5 Å². The van der Waals surface area contributed by atoms with Gasteiger partial charge in [0.2, 0.25) is 0 Å². The molecule has 0 saturated carbocycles. The third-order valence-corrected chi connectivity index (χ3v) is 5.04. The first kappa shape index (κ1) is 16.0. The first-order chi connectivity index (χ1) is 11.1. The smallest absolute Gasteiger partial charge is 0.345 e. The van der Waals surface area contributed by atoms with Gasteiger partial charge in [-0.25, -0.2) is 14.8 Å². The van der Waals surface area contributed by atoms with E-state index in [-0.39, 0.29) is 0 Å². The minimum atomic E-state index is -0.854. The Morgan fingerprint density at radius 2 is 2.35 bits per heavy atom. The van der Waals surface area contributed by atoms with Crippen molar-refractivity contribution in [2.24, 2.45) is 0 Å². The minimum absolute atomic E-state index is 0.405. The second-order valence-electron chi connectivity index (χ2n) is 5.65. The van der Waals surface area contributed by atoms with E-state index in [4.69, 9.17) is 9.84 Å². The average molecular weight is 333 g/mol. The highest BCUT2D eigenvalue weighted by Crippen LogP contribution is 2.25. The molecular formula is C16H19N3O3S. The van der Waals surface area contributed by atoms with Gasteiger partial charge in [-0.05, 0) is 18.6 Å². The number of carboxylic acids is 1. The molecule has 1 N–H and O–H groups in total. The molecule has 0 bridgehead atoms. The summed E-state index contributed by atoms with van der Waals surface area (Å²) in [4.78, 5) is 23.7. The first-order valence-electron chi connectivity index (χ1n) is 7.44. The molecule has 6 nitrogen and oxygen atoms in total. The van der Waals surface area contributed by atoms with E-state index >= 15 is 0 Å². The van der Waals surface area contributed by atoms with Crippen LogP contribution in [0.5, 0.6) is 0 Å². The van der Waals surface area contributed by atoms with Crippen LogP contribution in [0.3, 0.4) is 0 Å². The topological polar surface area (TPSA) is 75.6 Å². The summed E-state index contributed by atoms with van der Waals surface area (Å²) < 4.78 is 5.07. The molecule has 0 aliphatic carbocycles. The molecule has 2 aromatic rings. The summed E-state index contributed by atoms with van der Waals surface area (Å²) >= 11 is 1.34. The van der Waals surface area contributed by atoms with Crippen molar-refractivity contribution in [2.45, 2.75) is 33.0 Å². The Morgan fingerprint density at radius 3 is 3.04 bits per heavy atom. The van der Waals surface area contributed by atoms with E-state index in [1.165, 1.54) is 11.3 Å². The van der Waals surface area contributed by atoms with Crippen molar-refractivity contribution in [1.82, 2.24) is 14.9 Å². The van der Waals surface area contributed by atoms with E-state index in [2.05, 4.69) is 14.9 Å². The van der Waals surface area contributed by atoms with Crippen LogP contribution in [0.4, 0.5) is 0 Å². The van der Waals surface area contributed by atoms with Crippen LogP contribution in [0, 0.1) is 6.92 Å². The second-order valence-corrected chi connectivity index (χ2v) is 6.91. The molecule has 7 heteroatoms. The maximum atomic E-state index is 11.1. The molecule has 0 fully saturated rings. The van der Waals surface area contributed by atoms with E-state index in [1.54, 1.807) is 13.2 Å². The lowest BCUT2D eigenvalue weighted by atomic mass is 10.1. The van der Waals surface area contributed by atoms with Gasteiger partial charge in [0.25, 0.3) is 0 Å². The van der Waals surface area contributed by atoms with Crippen LogP contribution in [-0.2, 0) is 30.9 Å². The van der Waals surface area contributed by atoms with Crippen LogP contribution in [-0.4, -0.2) is 39.6 Å². The number of aromatic nitrogens is 2. The molecule has 0 unspecified atom stereocenters. The number of fused-ring (bicyclic) bond motifs is 1. The first-order valence-corrected chi connectivity index (χ1v) is 8.26. The van der Waals surface area contributed by atoms with Gasteiger partial charge < -0.3 is 9.84 Å². The fraction of sp³-hybridized carbons (Fsp3) is 0.438. The number of aromatic carboxylic acids is 1. The van der Waals surface area contributed by atoms with Crippen LogP contribution in [0.15, 0.2) is 12.3 Å². The molecule has 3 rings (SSSR count). The Balaban J connectivity index is 1.71. The van der Waals surface area contributed by atoms with Crippen molar-refractivity contribution in [2.75, 3.05) is 13.7 Å². The standard InChI is InChI=1S/C16H19N3O3S/c1-10-11(5-14(23-10)16(20)21)7-19-4-3-13-12(8-19)6-17-15(18-13)9-22-2/h5-6H,3-4,7-9H2,1-2H3,(H,20,21). The Bertz CT molecular complexity index is 729. The molecule has 1 aliphatic rings. The lowest BCUT2D eigenvalue weighted by Gasteiger charge is -2.28. The van der Waals surface area contributed by atoms with Crippen LogP contribution >= 0.6 is 11.3 Å². The van der Waals surface area contributed by atoms with E-state index in [0.717, 1.165) is 53.6 Å². The van der Waals surface area contributed by atoms with Crippen molar-refractivity contribution < 1.29 is 14.6 Å². The zero-order valence-electron chi connectivity index (χ0n) is 13.2. The van der Waals surface area contributed by atoms with E-state index in [9.17, 15) is 4.79 Å². The van der Waals surface area contributed by atoms with Gasteiger partial charge >= 0.3 is 5.97 Å². The van der Waals surface area contributed by atoms with Crippen LogP contribution in [0.2, 0.25) is 0 Å². The number of nitrogens with zero attached hydrogens (tertiary/aromatic N) is 3. The molecule has 23 heavy (non-hydrogen) atoms. The van der Waals surface area contributed by atoms with Gasteiger partial charge in [-0.15, -0.1) is 11.3 Å². The largest absolute Gasteiger partial charge is 0.477 e. The Morgan fingerprint density at radius 1 is 1.52 bits per heavy atom. The molecule has 0 atom stereocenters. The monoisotopic (exact) mass is 333 g/mol. The summed E-state index contributed by atoms with van der Waals surface area (Å²) in [5, 5.41) is 9.10. The number of rotatable bonds is 5. The number of hydrogen-bond donors (Lipinski definition) is 1. The third-order valence-electron chi connectivity index (χ3n) is 3.96. The number of methoxy groups -OCH3 is 1. The third kappa shape index (κ3) is 3.57. The summed E-state index contributed by atoms with van der Waals surface area (Å²) in [6.45, 7) is 4.87. The van der Waals surface area contributed by atoms with Crippen LogP contribution in [0.25, 0.3) is 0 Å². The summed E-state index contributed by atoms with van der Waals surface area (Å²) in [6.07, 6.45) is 2.76. The fourth-order valence-electron chi connectivity index (χ4n) is 2.77. The van der Waals surface area contributed by atoms with E-state index in [0.29, 0.717) is 11.5 Å². The highest BCUT2D eigenvalue weighted by atomic mass is 32.1. The average Bonchev–Trinajstić information content (AvgIpc) is 2.89. The molecule has 0 saturated heterocycles. The predicted molar refractivity (Wildman–Crippen MR) is 86.6 cm³/mol. The summed E-state index contributed by atoms with van der Waals surface area (Å²) in [5.74, 6) is -0.133. The van der Waals surface area contributed by atoms with Crippen molar-refractivity contribution in [1.29, 1.82) is 0 Å². The summed E-state index contributed by atoms with van der Waals surface area (Å²) in [5.41, 5.74) is 3.33. The molecule has 3 heterocycles. The van der Waals surface area contributed by atoms with Crippen molar-refractivity contribution >= 4 is 17.3 Å². The van der Waals surface area contributed by atoms with Gasteiger partial charge in [-0.1, -0.05) is 0 Å². The molecule has 0 aromatic carbocycles. The van der Waals surface area contributed by atoms with Gasteiger partial charge in [-0.2, -0.15) is 0 Å². The number of aryl methyl sites for hydroxylation is 1. The number of ether oxygens (including phenoxy) is 1. The quantitative estimate of drug-likeness (QED) is 0.904. The molecule has 1 aliphatic heterocycles. The van der Waals surface area contributed by atoms with E-state index in [1.807, 2.05) is 13.1 Å². The highest BCUT2D eigenvalue weighted by Gasteiger charge is 2.20. The zero-order chi connectivity index (χ0) is 16.4. The molecular weight excluding hydrogens is 314 g/mol. The van der Waals surface area contributed by atoms with Gasteiger partial charge in [0, 0.05) is 55.5 Å². The fourth-order valence-corrected chi connectivity index (χ4v) is 3.65. The van der Waals surface area contributed by atoms with Gasteiger partial charge in [0.05, 0.1) is 0 Å². The van der Waals surface area contributed by atoms with Crippen LogP contribution in [0.1, 0.15) is 37.2 Å². The molecule has 0 radical (unpaired) electrons. The van der Waals surface area contributed by atoms with E-state index < -0.39 is 5.97 Å². The lowest BCUT2D eigenvalue weighted by Crippen LogP contribution is -2.31. The lowest BCUT2D eigenvalue weighted by molar-refractivity contribution is 0.0702. The van der Waals surface area contributed by atoms with Gasteiger partial charge in [0.15, 0.2) is 5.82 Å². The van der Waals surface area contributed by atoms with Crippen molar-refractivity contribution in [3.05, 3.63) is 44.7 Å². The predicted octanol–water partition coefficient (Wildman–Crippen LogP) is 2.25. The highest BCUT2D eigenvalue weighted by molar-refractivity contribution is 7.14. The number of carbonyl (C=O) groups is 1. The maximum absolute atomic E-state index is 11.1. The van der Waals surface area contributed by atoms with Crippen molar-refractivity contribution in [3.8, 4) is 0 Å². The SMILES string of the molecule is COCc1ncc2c(n1)CCN(Cc1cc(C(=O)O)sc1C)C2. The summed E-state index contributed by atoms with van der Waals surface area (Å²) in [7, 11) is 1.64. The Kier molecular flexibility index (Phi) is 4.70. The van der Waals surface area contributed by atoms with Crippen molar-refractivity contribution in [3.63, 3.8) is 0 Å². The zero-order valence-corrected chi connectivity index (χ0v) is 14.0. The number of hydrogen-bond acceptors (Lipinski definition) is 6. The normalized spacial score (nSPS) is 14.7. The molecule has 0 amide bonds. The number of carboxylic acid groups (broad SMARTS) is 1. The Hall–Kier alpha value is -1.83.